The molecule has 0 spiro atoms. The molecule has 1 fully saturated rings. The number of nitrogens with zero attached hydrogens (tertiary/aromatic N) is 2. The van der Waals surface area contributed by atoms with E-state index >= 15 is 0 Å². The highest BCUT2D eigenvalue weighted by molar-refractivity contribution is 6.27. The van der Waals surface area contributed by atoms with E-state index in [1.165, 1.54) is 11.2 Å². The van der Waals surface area contributed by atoms with Crippen LogP contribution in [0.1, 0.15) is 31.3 Å². The molecule has 0 radical (unpaired) electrons. The molecule has 3 rings (SSSR count). The van der Waals surface area contributed by atoms with Crippen LogP contribution < -0.4 is 10.2 Å². The first-order valence-corrected chi connectivity index (χ1v) is 7.78. The molecule has 0 bridgehead atoms. The molecular formula is C18H19N3O3. The number of rotatable bonds is 3. The van der Waals surface area contributed by atoms with Crippen molar-refractivity contribution in [1.29, 1.82) is 0 Å². The molecule has 24 heavy (non-hydrogen) atoms. The fraction of sp³-hybridized carbons (Fsp3) is 0.278. The van der Waals surface area contributed by atoms with Crippen molar-refractivity contribution in [1.82, 2.24) is 5.32 Å². The van der Waals surface area contributed by atoms with Gasteiger partial charge in [0.2, 0.25) is 0 Å². The molecular weight excluding hydrogens is 306 g/mol. The van der Waals surface area contributed by atoms with Crippen molar-refractivity contribution in [3.05, 3.63) is 54.5 Å². The van der Waals surface area contributed by atoms with E-state index < -0.39 is 11.4 Å². The van der Waals surface area contributed by atoms with Crippen LogP contribution in [-0.2, 0) is 0 Å². The van der Waals surface area contributed by atoms with Crippen LogP contribution >= 0.6 is 0 Å². The van der Waals surface area contributed by atoms with Crippen molar-refractivity contribution in [2.45, 2.75) is 26.3 Å². The molecule has 1 saturated heterocycles. The number of hydrogen-bond donors (Lipinski definition) is 1. The number of para-hydroxylation sites is 1. The van der Waals surface area contributed by atoms with Crippen LogP contribution in [0.2, 0.25) is 0 Å². The van der Waals surface area contributed by atoms with Crippen LogP contribution in [0.25, 0.3) is 0 Å². The largest absolute Gasteiger partial charge is 0.459 e. The normalized spacial score (nSPS) is 22.2. The minimum atomic E-state index is -0.755. The van der Waals surface area contributed by atoms with E-state index in [-0.39, 0.29) is 17.7 Å². The number of aliphatic imine (C=N–C) groups is 1. The summed E-state index contributed by atoms with van der Waals surface area (Å²) in [5.41, 5.74) is -0.0970. The fourth-order valence-electron chi connectivity index (χ4n) is 2.60. The van der Waals surface area contributed by atoms with Gasteiger partial charge >= 0.3 is 11.9 Å². The van der Waals surface area contributed by atoms with Crippen molar-refractivity contribution in [3.63, 3.8) is 0 Å². The standard InChI is InChI=1S/C18H19N3O3/c1-12(2)18(3)16(19-15(22)14-10-7-11-24-14)21(17(23)20-18)13-8-5-4-6-9-13/h4-12H,1-3H3,(H,20,23). The number of amidine groups is 1. The summed E-state index contributed by atoms with van der Waals surface area (Å²) in [7, 11) is 0. The first-order valence-electron chi connectivity index (χ1n) is 7.78. The number of carbonyl (C=O) groups is 2. The molecule has 1 aromatic heterocycles. The molecule has 6 nitrogen and oxygen atoms in total. The van der Waals surface area contributed by atoms with Gasteiger partial charge in [-0.3, -0.25) is 4.79 Å². The smallest absolute Gasteiger partial charge is 0.328 e. The van der Waals surface area contributed by atoms with E-state index in [4.69, 9.17) is 4.42 Å². The third-order valence-corrected chi connectivity index (χ3v) is 4.35. The van der Waals surface area contributed by atoms with Gasteiger partial charge in [-0.25, -0.2) is 9.69 Å². The lowest BCUT2D eigenvalue weighted by molar-refractivity contribution is 0.0975. The van der Waals surface area contributed by atoms with Crippen LogP contribution in [0.4, 0.5) is 10.5 Å². The molecule has 124 valence electrons. The third-order valence-electron chi connectivity index (χ3n) is 4.35. The molecule has 1 aliphatic heterocycles. The zero-order valence-electron chi connectivity index (χ0n) is 13.8. The molecule has 1 atom stereocenters. The Morgan fingerprint density at radius 2 is 1.92 bits per heavy atom. The fourth-order valence-corrected chi connectivity index (χ4v) is 2.60. The summed E-state index contributed by atoms with van der Waals surface area (Å²) in [4.78, 5) is 30.7. The Kier molecular flexibility index (Phi) is 3.97. The lowest BCUT2D eigenvalue weighted by Gasteiger charge is -2.29. The Balaban J connectivity index is 2.10. The Morgan fingerprint density at radius 3 is 2.50 bits per heavy atom. The Hall–Kier alpha value is -2.89. The molecule has 0 aliphatic carbocycles. The minimum Gasteiger partial charge on any atom is -0.459 e. The highest BCUT2D eigenvalue weighted by atomic mass is 16.3. The second-order valence-electron chi connectivity index (χ2n) is 6.18. The van der Waals surface area contributed by atoms with E-state index in [2.05, 4.69) is 10.3 Å². The highest BCUT2D eigenvalue weighted by Crippen LogP contribution is 2.31. The van der Waals surface area contributed by atoms with Gasteiger partial charge in [0, 0.05) is 0 Å². The number of benzene rings is 1. The number of furan rings is 1. The van der Waals surface area contributed by atoms with Crippen LogP contribution in [0.15, 0.2) is 58.1 Å². The second-order valence-corrected chi connectivity index (χ2v) is 6.18. The molecule has 6 heteroatoms. The number of urea groups is 1. The second kappa shape index (κ2) is 5.96. The average molecular weight is 325 g/mol. The molecule has 1 aliphatic rings. The van der Waals surface area contributed by atoms with Crippen molar-refractivity contribution in [3.8, 4) is 0 Å². The number of nitrogens with one attached hydrogen (secondary N) is 1. The summed E-state index contributed by atoms with van der Waals surface area (Å²) in [5, 5.41) is 2.95. The number of hydrogen-bond acceptors (Lipinski definition) is 3. The Morgan fingerprint density at radius 1 is 1.21 bits per heavy atom. The van der Waals surface area contributed by atoms with Gasteiger partial charge in [0.1, 0.15) is 5.84 Å². The van der Waals surface area contributed by atoms with Gasteiger partial charge in [-0.15, -0.1) is 0 Å². The average Bonchev–Trinajstić information content (AvgIpc) is 3.16. The van der Waals surface area contributed by atoms with Crippen molar-refractivity contribution >= 4 is 23.5 Å². The Labute approximate surface area is 140 Å². The topological polar surface area (TPSA) is 74.9 Å². The van der Waals surface area contributed by atoms with Gasteiger partial charge in [0.05, 0.1) is 17.5 Å². The van der Waals surface area contributed by atoms with Gasteiger partial charge in [-0.1, -0.05) is 32.0 Å². The molecule has 2 aromatic rings. The van der Waals surface area contributed by atoms with E-state index in [1.807, 2.05) is 39.0 Å². The van der Waals surface area contributed by atoms with Crippen LogP contribution in [0.5, 0.6) is 0 Å². The van der Waals surface area contributed by atoms with Gasteiger partial charge in [0.15, 0.2) is 5.76 Å². The quantitative estimate of drug-likeness (QED) is 0.939. The van der Waals surface area contributed by atoms with Gasteiger partial charge in [-0.05, 0) is 37.1 Å². The Bertz CT molecular complexity index is 781. The van der Waals surface area contributed by atoms with Crippen molar-refractivity contribution < 1.29 is 14.0 Å². The summed E-state index contributed by atoms with van der Waals surface area (Å²) in [6.45, 7) is 5.82. The third kappa shape index (κ3) is 2.60. The predicted octanol–water partition coefficient (Wildman–Crippen LogP) is 3.46. The molecule has 3 amide bonds. The van der Waals surface area contributed by atoms with Gasteiger partial charge < -0.3 is 9.73 Å². The minimum absolute atomic E-state index is 0.0401. The number of carbonyl (C=O) groups excluding carboxylic acids is 2. The molecule has 0 saturated carbocycles. The predicted molar refractivity (Wildman–Crippen MR) is 91.2 cm³/mol. The van der Waals surface area contributed by atoms with Gasteiger partial charge in [0.25, 0.3) is 0 Å². The summed E-state index contributed by atoms with van der Waals surface area (Å²) >= 11 is 0. The maximum atomic E-state index is 12.6. The van der Waals surface area contributed by atoms with Crippen LogP contribution in [0.3, 0.4) is 0 Å². The maximum Gasteiger partial charge on any atom is 0.328 e. The van der Waals surface area contributed by atoms with Gasteiger partial charge in [-0.2, -0.15) is 4.99 Å². The molecule has 1 aromatic carbocycles. The molecule has 1 unspecified atom stereocenters. The monoisotopic (exact) mass is 325 g/mol. The van der Waals surface area contributed by atoms with Crippen molar-refractivity contribution in [2.24, 2.45) is 10.9 Å². The van der Waals surface area contributed by atoms with Crippen LogP contribution in [0, 0.1) is 5.92 Å². The number of anilines is 1. The molecule has 1 N–H and O–H groups in total. The first kappa shape index (κ1) is 16.0. The lowest BCUT2D eigenvalue weighted by Crippen LogP contribution is -2.49. The van der Waals surface area contributed by atoms with Crippen molar-refractivity contribution in [2.75, 3.05) is 4.90 Å². The first-order chi connectivity index (χ1) is 11.4. The van der Waals surface area contributed by atoms with E-state index in [0.717, 1.165) is 0 Å². The van der Waals surface area contributed by atoms with Crippen LogP contribution in [-0.4, -0.2) is 23.3 Å². The summed E-state index contributed by atoms with van der Waals surface area (Å²) in [6.07, 6.45) is 1.42. The summed E-state index contributed by atoms with van der Waals surface area (Å²) < 4.78 is 5.12. The van der Waals surface area contributed by atoms with E-state index in [0.29, 0.717) is 11.5 Å². The zero-order valence-corrected chi connectivity index (χ0v) is 13.8. The maximum absolute atomic E-state index is 12.6. The molecule has 2 heterocycles. The number of amides is 3. The summed E-state index contributed by atoms with van der Waals surface area (Å²) in [5.74, 6) is 0.0358. The zero-order chi connectivity index (χ0) is 17.3. The lowest BCUT2D eigenvalue weighted by atomic mass is 9.88. The van der Waals surface area contributed by atoms with E-state index in [9.17, 15) is 9.59 Å². The van der Waals surface area contributed by atoms with E-state index in [1.54, 1.807) is 24.3 Å². The summed E-state index contributed by atoms with van der Waals surface area (Å²) in [6, 6.07) is 12.0. The SMILES string of the molecule is CC(C)C1(C)NC(=O)N(c2ccccc2)C1=NC(=O)c1ccco1. The highest BCUT2D eigenvalue weighted by Gasteiger charge is 2.48.